The van der Waals surface area contributed by atoms with Crippen LogP contribution in [0.4, 0.5) is 0 Å². The van der Waals surface area contributed by atoms with Crippen LogP contribution in [0, 0.1) is 11.8 Å². The number of benzene rings is 1. The van der Waals surface area contributed by atoms with Crippen LogP contribution in [0.25, 0.3) is 0 Å². The molecule has 2 fully saturated rings. The van der Waals surface area contributed by atoms with Gasteiger partial charge in [0.05, 0.1) is 13.2 Å². The van der Waals surface area contributed by atoms with Gasteiger partial charge < -0.3 is 24.7 Å². The molecule has 0 amide bonds. The number of H-pyrrole nitrogens is 1. The molecule has 3 N–H and O–H groups in total. The molecular formula is C27H36N2O7. The van der Waals surface area contributed by atoms with Gasteiger partial charge in [-0.1, -0.05) is 37.5 Å². The fourth-order valence-electron chi connectivity index (χ4n) is 4.59. The molecule has 0 spiro atoms. The number of likely N-dealkylation sites (tertiary alicyclic amines) is 1. The maximum atomic E-state index is 11.9. The van der Waals surface area contributed by atoms with E-state index in [0.29, 0.717) is 11.8 Å². The predicted octanol–water partition coefficient (Wildman–Crippen LogP) is 3.78. The Morgan fingerprint density at radius 3 is 1.92 bits per heavy atom. The van der Waals surface area contributed by atoms with Crippen LogP contribution in [0.5, 0.6) is 11.5 Å². The van der Waals surface area contributed by atoms with E-state index in [0.717, 1.165) is 62.8 Å². The van der Waals surface area contributed by atoms with Crippen molar-refractivity contribution in [3.63, 3.8) is 0 Å². The summed E-state index contributed by atoms with van der Waals surface area (Å²) >= 11 is 0. The van der Waals surface area contributed by atoms with Gasteiger partial charge in [-0.3, -0.25) is 9.69 Å². The lowest BCUT2D eigenvalue weighted by Gasteiger charge is -2.31. The molecule has 0 radical (unpaired) electrons. The highest BCUT2D eigenvalue weighted by Crippen LogP contribution is 2.30. The van der Waals surface area contributed by atoms with Crippen LogP contribution >= 0.6 is 0 Å². The molecular weight excluding hydrogens is 464 g/mol. The Labute approximate surface area is 211 Å². The lowest BCUT2D eigenvalue weighted by Crippen LogP contribution is -2.36. The van der Waals surface area contributed by atoms with Crippen LogP contribution in [0.3, 0.4) is 0 Å². The Balaban J connectivity index is 0.000000538. The van der Waals surface area contributed by atoms with Gasteiger partial charge in [-0.25, -0.2) is 9.59 Å². The topological polar surface area (TPSA) is 129 Å². The number of aromatic amines is 1. The Hall–Kier alpha value is -3.33. The first kappa shape index (κ1) is 27.3. The Morgan fingerprint density at radius 1 is 0.833 bits per heavy atom. The summed E-state index contributed by atoms with van der Waals surface area (Å²) in [6, 6.07) is 11.9. The minimum absolute atomic E-state index is 0.0211. The molecule has 4 rings (SSSR count). The molecule has 1 saturated carbocycles. The average Bonchev–Trinajstić information content (AvgIpc) is 2.90. The van der Waals surface area contributed by atoms with Crippen molar-refractivity contribution in [3.8, 4) is 11.5 Å². The fraction of sp³-hybridized carbons (Fsp3) is 0.519. The minimum atomic E-state index is -1.82. The van der Waals surface area contributed by atoms with Crippen molar-refractivity contribution >= 4 is 11.9 Å². The number of nitrogens with zero attached hydrogens (tertiary/aromatic N) is 1. The van der Waals surface area contributed by atoms with Gasteiger partial charge in [0.1, 0.15) is 0 Å². The van der Waals surface area contributed by atoms with Crippen molar-refractivity contribution in [2.24, 2.45) is 11.8 Å². The molecule has 0 atom stereocenters. The number of para-hydroxylation sites is 2. The van der Waals surface area contributed by atoms with Crippen LogP contribution < -0.4 is 15.0 Å². The number of nitrogens with one attached hydrogen (secondary N) is 1. The first-order chi connectivity index (χ1) is 17.4. The van der Waals surface area contributed by atoms with Crippen molar-refractivity contribution in [1.82, 2.24) is 9.88 Å². The molecule has 1 aromatic heterocycles. The molecule has 36 heavy (non-hydrogen) atoms. The third-order valence-corrected chi connectivity index (χ3v) is 6.71. The van der Waals surface area contributed by atoms with Crippen molar-refractivity contribution in [2.75, 3.05) is 26.3 Å². The number of hydrogen-bond acceptors (Lipinski definition) is 6. The van der Waals surface area contributed by atoms with E-state index in [-0.39, 0.29) is 5.56 Å². The largest absolute Gasteiger partial charge is 0.489 e. The highest BCUT2D eigenvalue weighted by atomic mass is 16.5. The van der Waals surface area contributed by atoms with Crippen molar-refractivity contribution < 1.29 is 29.3 Å². The van der Waals surface area contributed by atoms with Crippen LogP contribution in [-0.4, -0.2) is 58.3 Å². The van der Waals surface area contributed by atoms with Crippen molar-refractivity contribution in [3.05, 3.63) is 58.5 Å². The van der Waals surface area contributed by atoms with Crippen LogP contribution in [-0.2, 0) is 16.1 Å². The maximum Gasteiger partial charge on any atom is 0.414 e. The summed E-state index contributed by atoms with van der Waals surface area (Å²) in [6.45, 7) is 4.26. The van der Waals surface area contributed by atoms with E-state index in [1.807, 2.05) is 36.4 Å². The zero-order chi connectivity index (χ0) is 25.8. The monoisotopic (exact) mass is 500 g/mol. The van der Waals surface area contributed by atoms with Gasteiger partial charge in [-0.05, 0) is 68.8 Å². The zero-order valence-electron chi connectivity index (χ0n) is 20.6. The smallest absolute Gasteiger partial charge is 0.414 e. The molecule has 2 aliphatic rings. The second-order valence-corrected chi connectivity index (χ2v) is 9.43. The van der Waals surface area contributed by atoms with E-state index in [4.69, 9.17) is 29.3 Å². The van der Waals surface area contributed by atoms with Crippen molar-refractivity contribution in [1.29, 1.82) is 0 Å². The number of piperidine rings is 1. The number of aliphatic carboxylic acids is 2. The number of hydrogen-bond donors (Lipinski definition) is 3. The molecule has 1 aromatic carbocycles. The summed E-state index contributed by atoms with van der Waals surface area (Å²) in [4.78, 5) is 35.2. The molecule has 196 valence electrons. The number of rotatable bonds is 8. The third-order valence-electron chi connectivity index (χ3n) is 6.71. The van der Waals surface area contributed by atoms with E-state index >= 15 is 0 Å². The summed E-state index contributed by atoms with van der Waals surface area (Å²) < 4.78 is 12.3. The number of carboxylic acids is 2. The van der Waals surface area contributed by atoms with E-state index in [1.165, 1.54) is 32.1 Å². The first-order valence-corrected chi connectivity index (χ1v) is 12.6. The Bertz CT molecular complexity index is 1010. The summed E-state index contributed by atoms with van der Waals surface area (Å²) in [5, 5.41) is 14.8. The second-order valence-electron chi connectivity index (χ2n) is 9.43. The normalized spacial score (nSPS) is 17.0. The van der Waals surface area contributed by atoms with Crippen LogP contribution in [0.2, 0.25) is 0 Å². The van der Waals surface area contributed by atoms with Gasteiger partial charge in [0.2, 0.25) is 0 Å². The van der Waals surface area contributed by atoms with Crippen LogP contribution in [0.1, 0.15) is 50.5 Å². The fourth-order valence-corrected chi connectivity index (χ4v) is 4.59. The lowest BCUT2D eigenvalue weighted by atomic mass is 9.90. The quantitative estimate of drug-likeness (QED) is 0.467. The average molecular weight is 501 g/mol. The molecule has 0 bridgehead atoms. The van der Waals surface area contributed by atoms with Gasteiger partial charge in [-0.15, -0.1) is 0 Å². The summed E-state index contributed by atoms with van der Waals surface area (Å²) in [6.07, 6.45) is 10.5. The molecule has 9 nitrogen and oxygen atoms in total. The number of carbonyl (C=O) groups is 2. The maximum absolute atomic E-state index is 11.9. The standard InChI is InChI=1S/C25H34N2O3.C2H2O4/c28-25-22(9-6-14-26-25)17-27-15-12-21(13-16-27)19-30-24-11-5-4-10-23(24)29-18-20-7-2-1-3-8-20;3-1(4)2(5)6/h4-6,9-11,14,20-21H,1-3,7-8,12-13,15-19H2,(H,26,28);(H,3,4)(H,5,6). The van der Waals surface area contributed by atoms with E-state index in [9.17, 15) is 4.79 Å². The van der Waals surface area contributed by atoms with Gasteiger partial charge in [-0.2, -0.15) is 0 Å². The van der Waals surface area contributed by atoms with Gasteiger partial charge in [0.15, 0.2) is 11.5 Å². The molecule has 9 heteroatoms. The lowest BCUT2D eigenvalue weighted by molar-refractivity contribution is -0.159. The molecule has 1 saturated heterocycles. The Morgan fingerprint density at radius 2 is 1.39 bits per heavy atom. The number of aromatic nitrogens is 1. The zero-order valence-corrected chi connectivity index (χ0v) is 20.6. The first-order valence-electron chi connectivity index (χ1n) is 12.6. The van der Waals surface area contributed by atoms with Gasteiger partial charge in [0, 0.05) is 18.3 Å². The second kappa shape index (κ2) is 14.3. The Kier molecular flexibility index (Phi) is 10.8. The minimum Gasteiger partial charge on any atom is -0.489 e. The van der Waals surface area contributed by atoms with Crippen LogP contribution in [0.15, 0.2) is 47.4 Å². The summed E-state index contributed by atoms with van der Waals surface area (Å²) in [5.41, 5.74) is 0.865. The number of carboxylic acid groups (broad SMARTS) is 2. The molecule has 1 aliphatic heterocycles. The predicted molar refractivity (Wildman–Crippen MR) is 134 cm³/mol. The highest BCUT2D eigenvalue weighted by Gasteiger charge is 2.21. The number of ether oxygens (including phenoxy) is 2. The molecule has 2 aromatic rings. The van der Waals surface area contributed by atoms with E-state index < -0.39 is 11.9 Å². The highest BCUT2D eigenvalue weighted by molar-refractivity contribution is 6.27. The van der Waals surface area contributed by atoms with Crippen molar-refractivity contribution in [2.45, 2.75) is 51.5 Å². The number of pyridine rings is 1. The molecule has 1 aliphatic carbocycles. The van der Waals surface area contributed by atoms with Gasteiger partial charge >= 0.3 is 11.9 Å². The van der Waals surface area contributed by atoms with Gasteiger partial charge in [0.25, 0.3) is 5.56 Å². The summed E-state index contributed by atoms with van der Waals surface area (Å²) in [5.74, 6) is -0.671. The third kappa shape index (κ3) is 9.03. The molecule has 0 unspecified atom stereocenters. The van der Waals surface area contributed by atoms with E-state index in [1.54, 1.807) is 6.20 Å². The molecule has 2 heterocycles. The van der Waals surface area contributed by atoms with E-state index in [2.05, 4.69) is 9.88 Å². The SMILES string of the molecule is O=C(O)C(=O)O.O=c1[nH]cccc1CN1CCC(COc2ccccc2OCC2CCCCC2)CC1. The summed E-state index contributed by atoms with van der Waals surface area (Å²) in [7, 11) is 0.